The van der Waals surface area contributed by atoms with E-state index in [2.05, 4.69) is 31.3 Å². The van der Waals surface area contributed by atoms with Gasteiger partial charge in [0.1, 0.15) is 12.2 Å². The smallest absolute Gasteiger partial charge is 0.244 e. The molecule has 0 spiro atoms. The van der Waals surface area contributed by atoms with E-state index in [1.54, 1.807) is 0 Å². The molecule has 4 rings (SSSR count). The van der Waals surface area contributed by atoms with Crippen molar-refractivity contribution in [1.29, 1.82) is 0 Å². The molecule has 2 aromatic carbocycles. The van der Waals surface area contributed by atoms with Crippen LogP contribution in [0.1, 0.15) is 49.9 Å². The van der Waals surface area contributed by atoms with Crippen LogP contribution in [0.2, 0.25) is 0 Å². The van der Waals surface area contributed by atoms with E-state index in [0.29, 0.717) is 12.3 Å². The first kappa shape index (κ1) is 17.8. The Kier molecular flexibility index (Phi) is 4.73. The quantitative estimate of drug-likeness (QED) is 0.878. The highest BCUT2D eigenvalue weighted by molar-refractivity contribution is 5.93. The fourth-order valence-electron chi connectivity index (χ4n) is 4.16. The van der Waals surface area contributed by atoms with E-state index in [1.165, 1.54) is 5.56 Å². The summed E-state index contributed by atoms with van der Waals surface area (Å²) in [4.78, 5) is 28.0. The molecule has 2 aromatic rings. The molecule has 1 saturated heterocycles. The predicted molar refractivity (Wildman–Crippen MR) is 105 cm³/mol. The lowest BCUT2D eigenvalue weighted by atomic mass is 10.0. The third-order valence-electron chi connectivity index (χ3n) is 5.60. The number of benzene rings is 2. The molecule has 140 valence electrons. The monoisotopic (exact) mass is 362 g/mol. The van der Waals surface area contributed by atoms with E-state index in [1.807, 2.05) is 53.4 Å². The van der Waals surface area contributed by atoms with Crippen molar-refractivity contribution in [3.05, 3.63) is 71.8 Å². The average molecular weight is 362 g/mol. The van der Waals surface area contributed by atoms with Crippen LogP contribution in [0.15, 0.2) is 60.7 Å². The van der Waals surface area contributed by atoms with Crippen LogP contribution >= 0.6 is 0 Å². The topological polar surface area (TPSA) is 49.4 Å². The summed E-state index contributed by atoms with van der Waals surface area (Å²) in [6, 6.07) is 19.6. The highest BCUT2D eigenvalue weighted by atomic mass is 16.2. The zero-order valence-electron chi connectivity index (χ0n) is 15.8. The molecule has 0 radical (unpaired) electrons. The normalized spacial score (nSPS) is 26.9. The van der Waals surface area contributed by atoms with Crippen LogP contribution in [-0.2, 0) is 9.59 Å². The minimum Gasteiger partial charge on any atom is -0.330 e. The average Bonchev–Trinajstić information content (AvgIpc) is 3.42. The molecule has 4 nitrogen and oxygen atoms in total. The maximum Gasteiger partial charge on any atom is 0.244 e. The first-order chi connectivity index (χ1) is 13.1. The highest BCUT2D eigenvalue weighted by Crippen LogP contribution is 2.50. The van der Waals surface area contributed by atoms with Gasteiger partial charge in [-0.3, -0.25) is 9.59 Å². The number of amides is 2. The standard InChI is InChI=1S/C23H26N2O2/c1-15(2)13-20-22(26)24-21(17-11-7-4-8-12-17)25(20)23(27)19-14-18(19)16-9-5-3-6-10-16/h3-12,15,18-21H,13-14H2,1-2H3,(H,24,26)/t18?,19-,20?,21-/m0/s1. The number of hydrogen-bond donors (Lipinski definition) is 1. The number of carbonyl (C=O) groups is 2. The van der Waals surface area contributed by atoms with Gasteiger partial charge in [0.2, 0.25) is 11.8 Å². The van der Waals surface area contributed by atoms with Gasteiger partial charge in [0.15, 0.2) is 0 Å². The molecule has 4 atom stereocenters. The summed E-state index contributed by atoms with van der Waals surface area (Å²) < 4.78 is 0. The Bertz CT molecular complexity index is 819. The molecule has 2 fully saturated rings. The van der Waals surface area contributed by atoms with Crippen LogP contribution in [0.25, 0.3) is 0 Å². The van der Waals surface area contributed by atoms with Crippen LogP contribution < -0.4 is 5.32 Å². The molecule has 2 amide bonds. The van der Waals surface area contributed by atoms with Gasteiger partial charge in [-0.05, 0) is 35.8 Å². The second-order valence-corrected chi connectivity index (χ2v) is 8.07. The van der Waals surface area contributed by atoms with Gasteiger partial charge in [-0.2, -0.15) is 0 Å². The van der Waals surface area contributed by atoms with Crippen LogP contribution in [-0.4, -0.2) is 22.8 Å². The van der Waals surface area contributed by atoms with E-state index >= 15 is 0 Å². The summed E-state index contributed by atoms with van der Waals surface area (Å²) in [5.41, 5.74) is 2.17. The van der Waals surface area contributed by atoms with E-state index in [4.69, 9.17) is 0 Å². The Morgan fingerprint density at radius 1 is 1.04 bits per heavy atom. The molecule has 1 aliphatic carbocycles. The van der Waals surface area contributed by atoms with Crippen molar-refractivity contribution >= 4 is 11.8 Å². The zero-order chi connectivity index (χ0) is 19.0. The van der Waals surface area contributed by atoms with E-state index in [0.717, 1.165) is 12.0 Å². The maximum atomic E-state index is 13.4. The molecule has 0 bridgehead atoms. The molecule has 4 heteroatoms. The second kappa shape index (κ2) is 7.18. The lowest BCUT2D eigenvalue weighted by Crippen LogP contribution is -2.41. The Morgan fingerprint density at radius 3 is 2.22 bits per heavy atom. The van der Waals surface area contributed by atoms with Gasteiger partial charge < -0.3 is 10.2 Å². The molecule has 1 saturated carbocycles. The number of nitrogens with one attached hydrogen (secondary N) is 1. The molecule has 1 N–H and O–H groups in total. The van der Waals surface area contributed by atoms with Crippen LogP contribution in [0, 0.1) is 11.8 Å². The van der Waals surface area contributed by atoms with E-state index in [-0.39, 0.29) is 35.9 Å². The SMILES string of the molecule is CC(C)CC1C(=O)N[C@H](c2ccccc2)N1C(=O)[C@H]1CC1c1ccccc1. The number of hydrogen-bond acceptors (Lipinski definition) is 2. The van der Waals surface area contributed by atoms with E-state index in [9.17, 15) is 9.59 Å². The van der Waals surface area contributed by atoms with Crippen molar-refractivity contribution < 1.29 is 9.59 Å². The number of nitrogens with zero attached hydrogens (tertiary/aromatic N) is 1. The van der Waals surface area contributed by atoms with Crippen molar-refractivity contribution in [2.75, 3.05) is 0 Å². The van der Waals surface area contributed by atoms with Crippen molar-refractivity contribution in [2.45, 2.75) is 44.8 Å². The Morgan fingerprint density at radius 2 is 1.63 bits per heavy atom. The Hall–Kier alpha value is -2.62. The summed E-state index contributed by atoms with van der Waals surface area (Å²) in [5.74, 6) is 0.644. The van der Waals surface area contributed by atoms with Crippen LogP contribution in [0.3, 0.4) is 0 Å². The first-order valence-corrected chi connectivity index (χ1v) is 9.78. The summed E-state index contributed by atoms with van der Waals surface area (Å²) in [5, 5.41) is 3.06. The first-order valence-electron chi connectivity index (χ1n) is 9.78. The van der Waals surface area contributed by atoms with Crippen LogP contribution in [0.4, 0.5) is 0 Å². The van der Waals surface area contributed by atoms with Gasteiger partial charge in [0, 0.05) is 5.92 Å². The van der Waals surface area contributed by atoms with Crippen molar-refractivity contribution in [3.8, 4) is 0 Å². The van der Waals surface area contributed by atoms with Gasteiger partial charge in [-0.15, -0.1) is 0 Å². The van der Waals surface area contributed by atoms with Gasteiger partial charge >= 0.3 is 0 Å². The van der Waals surface area contributed by atoms with Crippen LogP contribution in [0.5, 0.6) is 0 Å². The van der Waals surface area contributed by atoms with E-state index < -0.39 is 0 Å². The summed E-state index contributed by atoms with van der Waals surface area (Å²) in [6.45, 7) is 4.19. The molecule has 0 aromatic heterocycles. The van der Waals surface area contributed by atoms with Crippen molar-refractivity contribution in [3.63, 3.8) is 0 Å². The summed E-state index contributed by atoms with van der Waals surface area (Å²) in [7, 11) is 0. The largest absolute Gasteiger partial charge is 0.330 e. The van der Waals surface area contributed by atoms with Gasteiger partial charge in [-0.25, -0.2) is 0 Å². The Labute approximate surface area is 160 Å². The van der Waals surface area contributed by atoms with Crippen molar-refractivity contribution in [2.24, 2.45) is 11.8 Å². The lowest BCUT2D eigenvalue weighted by molar-refractivity contribution is -0.138. The van der Waals surface area contributed by atoms with Gasteiger partial charge in [-0.1, -0.05) is 74.5 Å². The minimum atomic E-state index is -0.389. The predicted octanol–water partition coefficient (Wildman–Crippen LogP) is 3.86. The number of carbonyl (C=O) groups excluding carboxylic acids is 2. The van der Waals surface area contributed by atoms with Gasteiger partial charge in [0.05, 0.1) is 0 Å². The Balaban J connectivity index is 1.61. The third-order valence-corrected chi connectivity index (χ3v) is 5.60. The fraction of sp³-hybridized carbons (Fsp3) is 0.391. The number of rotatable bonds is 5. The molecule has 2 aliphatic rings. The second-order valence-electron chi connectivity index (χ2n) is 8.07. The fourth-order valence-corrected chi connectivity index (χ4v) is 4.16. The summed E-state index contributed by atoms with van der Waals surface area (Å²) in [6.07, 6.45) is 1.18. The third kappa shape index (κ3) is 3.48. The lowest BCUT2D eigenvalue weighted by Gasteiger charge is -2.29. The molecular formula is C23H26N2O2. The highest BCUT2D eigenvalue weighted by Gasteiger charge is 2.52. The molecule has 1 aliphatic heterocycles. The molecule has 27 heavy (non-hydrogen) atoms. The minimum absolute atomic E-state index is 0.0269. The summed E-state index contributed by atoms with van der Waals surface area (Å²) >= 11 is 0. The molecule has 1 heterocycles. The molecule has 2 unspecified atom stereocenters. The maximum absolute atomic E-state index is 13.4. The van der Waals surface area contributed by atoms with Gasteiger partial charge in [0.25, 0.3) is 0 Å². The molecular weight excluding hydrogens is 336 g/mol. The van der Waals surface area contributed by atoms with Crippen molar-refractivity contribution in [1.82, 2.24) is 10.2 Å². The zero-order valence-corrected chi connectivity index (χ0v) is 15.8.